The van der Waals surface area contributed by atoms with Crippen LogP contribution >= 0.6 is 0 Å². The maximum absolute atomic E-state index is 2.48. The highest BCUT2D eigenvalue weighted by molar-refractivity contribution is 5.44. The van der Waals surface area contributed by atoms with E-state index in [-0.39, 0.29) is 0 Å². The molecule has 1 aromatic carbocycles. The van der Waals surface area contributed by atoms with E-state index < -0.39 is 0 Å². The first-order valence-electron chi connectivity index (χ1n) is 8.24. The minimum absolute atomic E-state index is 1.21. The zero-order chi connectivity index (χ0) is 14.1. The minimum Gasteiger partial charge on any atom is -0.0654 e. The third-order valence-electron chi connectivity index (χ3n) is 3.63. The van der Waals surface area contributed by atoms with Gasteiger partial charge in [-0.25, -0.2) is 0 Å². The Balaban J connectivity index is 3.11. The van der Waals surface area contributed by atoms with Crippen LogP contribution in [0.15, 0.2) is 12.1 Å². The van der Waals surface area contributed by atoms with Gasteiger partial charge in [0.25, 0.3) is 0 Å². The van der Waals surface area contributed by atoms with Crippen LogP contribution in [0.4, 0.5) is 0 Å². The highest BCUT2D eigenvalue weighted by Crippen LogP contribution is 2.25. The molecule has 0 aliphatic carbocycles. The molecule has 0 heterocycles. The van der Waals surface area contributed by atoms with Crippen LogP contribution in [0, 0.1) is 6.42 Å². The summed E-state index contributed by atoms with van der Waals surface area (Å²) in [6.07, 6.45) is 12.3. The zero-order valence-electron chi connectivity index (χ0n) is 13.4. The zero-order valence-corrected chi connectivity index (χ0v) is 13.4. The molecule has 0 nitrogen and oxygen atoms in total. The first kappa shape index (κ1) is 16.3. The van der Waals surface area contributed by atoms with Gasteiger partial charge >= 0.3 is 0 Å². The van der Waals surface area contributed by atoms with Crippen LogP contribution in [-0.2, 0) is 19.3 Å². The standard InChI is InChI=1S/C19H31/c1-5-9-13-19-17(11-7-3)14-16(10-6-2)15-18(19)12-8-4/h13-15H,5-12H2,1-4H3. The highest BCUT2D eigenvalue weighted by atomic mass is 14.1. The molecule has 0 aliphatic heterocycles. The molecule has 0 bridgehead atoms. The summed E-state index contributed by atoms with van der Waals surface area (Å²) in [7, 11) is 0. The van der Waals surface area contributed by atoms with Gasteiger partial charge in [0.15, 0.2) is 0 Å². The number of hydrogen-bond donors (Lipinski definition) is 0. The summed E-state index contributed by atoms with van der Waals surface area (Å²) in [4.78, 5) is 0. The first-order chi connectivity index (χ1) is 9.26. The second-order valence-corrected chi connectivity index (χ2v) is 5.57. The molecule has 0 aromatic heterocycles. The van der Waals surface area contributed by atoms with E-state index in [9.17, 15) is 0 Å². The van der Waals surface area contributed by atoms with E-state index in [0.717, 1.165) is 0 Å². The fourth-order valence-corrected chi connectivity index (χ4v) is 2.79. The maximum atomic E-state index is 2.48. The topological polar surface area (TPSA) is 0 Å². The Morgan fingerprint density at radius 2 is 1.26 bits per heavy atom. The van der Waals surface area contributed by atoms with E-state index in [1.807, 2.05) is 0 Å². The summed E-state index contributed by atoms with van der Waals surface area (Å²) in [6.45, 7) is 9.11. The van der Waals surface area contributed by atoms with Crippen molar-refractivity contribution in [1.29, 1.82) is 0 Å². The molecule has 1 aromatic rings. The van der Waals surface area contributed by atoms with Gasteiger partial charge in [0.2, 0.25) is 0 Å². The molecule has 0 N–H and O–H groups in total. The van der Waals surface area contributed by atoms with Gasteiger partial charge < -0.3 is 0 Å². The third-order valence-corrected chi connectivity index (χ3v) is 3.63. The van der Waals surface area contributed by atoms with Gasteiger partial charge in [0, 0.05) is 0 Å². The van der Waals surface area contributed by atoms with Crippen molar-refractivity contribution in [3.8, 4) is 0 Å². The molecule has 0 spiro atoms. The Bertz CT molecular complexity index is 335. The van der Waals surface area contributed by atoms with E-state index in [4.69, 9.17) is 0 Å². The van der Waals surface area contributed by atoms with E-state index in [1.165, 1.54) is 51.4 Å². The van der Waals surface area contributed by atoms with Crippen LogP contribution in [0.1, 0.15) is 82.1 Å². The lowest BCUT2D eigenvalue weighted by molar-refractivity contribution is 0.841. The van der Waals surface area contributed by atoms with Crippen molar-refractivity contribution in [2.24, 2.45) is 0 Å². The Hall–Kier alpha value is -0.780. The number of rotatable bonds is 9. The first-order valence-corrected chi connectivity index (χ1v) is 8.24. The Morgan fingerprint density at radius 1 is 0.737 bits per heavy atom. The lowest BCUT2D eigenvalue weighted by Gasteiger charge is -2.17. The molecule has 0 fully saturated rings. The number of benzene rings is 1. The molecular formula is C19H31. The SMILES string of the molecule is CCC[CH]c1c(CCC)cc(CCC)cc1CCC. The van der Waals surface area contributed by atoms with Gasteiger partial charge in [0.1, 0.15) is 0 Å². The second-order valence-electron chi connectivity index (χ2n) is 5.57. The molecule has 0 amide bonds. The molecule has 0 heteroatoms. The van der Waals surface area contributed by atoms with Gasteiger partial charge in [-0.05, 0) is 54.4 Å². The molecule has 1 rings (SSSR count). The van der Waals surface area contributed by atoms with Crippen molar-refractivity contribution in [1.82, 2.24) is 0 Å². The Kier molecular flexibility index (Phi) is 7.86. The summed E-state index contributed by atoms with van der Waals surface area (Å²) in [6, 6.07) is 4.93. The normalized spacial score (nSPS) is 10.9. The van der Waals surface area contributed by atoms with Crippen molar-refractivity contribution in [2.75, 3.05) is 0 Å². The average Bonchev–Trinajstić information content (AvgIpc) is 2.39. The molecule has 0 atom stereocenters. The summed E-state index contributed by atoms with van der Waals surface area (Å²) in [5, 5.41) is 0. The van der Waals surface area contributed by atoms with Gasteiger partial charge in [0.05, 0.1) is 0 Å². The predicted octanol–water partition coefficient (Wildman–Crippen LogP) is 5.90. The average molecular weight is 259 g/mol. The van der Waals surface area contributed by atoms with Crippen LogP contribution in [0.5, 0.6) is 0 Å². The molecule has 107 valence electrons. The van der Waals surface area contributed by atoms with Crippen LogP contribution in [0.2, 0.25) is 0 Å². The van der Waals surface area contributed by atoms with Crippen LogP contribution in [-0.4, -0.2) is 0 Å². The van der Waals surface area contributed by atoms with E-state index in [1.54, 1.807) is 22.3 Å². The fourth-order valence-electron chi connectivity index (χ4n) is 2.79. The van der Waals surface area contributed by atoms with Crippen molar-refractivity contribution >= 4 is 0 Å². The van der Waals surface area contributed by atoms with Gasteiger partial charge in [-0.3, -0.25) is 0 Å². The van der Waals surface area contributed by atoms with E-state index in [2.05, 4.69) is 46.2 Å². The molecule has 19 heavy (non-hydrogen) atoms. The van der Waals surface area contributed by atoms with E-state index in [0.29, 0.717) is 0 Å². The van der Waals surface area contributed by atoms with Crippen molar-refractivity contribution in [3.63, 3.8) is 0 Å². The lowest BCUT2D eigenvalue weighted by Crippen LogP contribution is -2.02. The third kappa shape index (κ3) is 5.01. The van der Waals surface area contributed by atoms with Gasteiger partial charge in [-0.1, -0.05) is 65.5 Å². The molecule has 0 saturated heterocycles. The largest absolute Gasteiger partial charge is 0.0654 e. The predicted molar refractivity (Wildman–Crippen MR) is 86.7 cm³/mol. The fraction of sp³-hybridized carbons (Fsp3) is 0.632. The van der Waals surface area contributed by atoms with Crippen LogP contribution in [0.3, 0.4) is 0 Å². The summed E-state index contributed by atoms with van der Waals surface area (Å²) >= 11 is 0. The van der Waals surface area contributed by atoms with Crippen LogP contribution < -0.4 is 0 Å². The highest BCUT2D eigenvalue weighted by Gasteiger charge is 2.10. The van der Waals surface area contributed by atoms with Gasteiger partial charge in [-0.15, -0.1) is 0 Å². The van der Waals surface area contributed by atoms with Crippen molar-refractivity contribution in [3.05, 3.63) is 40.8 Å². The smallest absolute Gasteiger partial charge is 0.00875 e. The summed E-state index contributed by atoms with van der Waals surface area (Å²) in [5.41, 5.74) is 6.28. The molecule has 0 unspecified atom stereocenters. The van der Waals surface area contributed by atoms with Crippen molar-refractivity contribution < 1.29 is 0 Å². The quantitative estimate of drug-likeness (QED) is 0.518. The monoisotopic (exact) mass is 259 g/mol. The Labute approximate surface area is 120 Å². The Morgan fingerprint density at radius 3 is 1.68 bits per heavy atom. The van der Waals surface area contributed by atoms with Crippen molar-refractivity contribution in [2.45, 2.75) is 79.1 Å². The molecule has 0 saturated carbocycles. The summed E-state index contributed by atoms with van der Waals surface area (Å²) in [5.74, 6) is 0. The summed E-state index contributed by atoms with van der Waals surface area (Å²) < 4.78 is 0. The number of hydrogen-bond acceptors (Lipinski definition) is 0. The number of unbranched alkanes of at least 4 members (excludes halogenated alkanes) is 1. The van der Waals surface area contributed by atoms with Crippen LogP contribution in [0.25, 0.3) is 0 Å². The maximum Gasteiger partial charge on any atom is -0.00875 e. The van der Waals surface area contributed by atoms with Gasteiger partial charge in [-0.2, -0.15) is 0 Å². The molecule has 1 radical (unpaired) electrons. The number of aryl methyl sites for hydroxylation is 3. The molecule has 0 aliphatic rings. The van der Waals surface area contributed by atoms with E-state index >= 15 is 0 Å². The molecular weight excluding hydrogens is 228 g/mol. The second kappa shape index (κ2) is 9.18. The lowest BCUT2D eigenvalue weighted by atomic mass is 9.89. The minimum atomic E-state index is 1.21.